The normalized spacial score (nSPS) is 25.2. The number of nitrogens with one attached hydrogen (secondary N) is 1. The van der Waals surface area contributed by atoms with Crippen molar-refractivity contribution in [1.82, 2.24) is 10.3 Å². The first-order valence-corrected chi connectivity index (χ1v) is 7.38. The Bertz CT molecular complexity index is 481. The van der Waals surface area contributed by atoms with E-state index in [2.05, 4.69) is 10.3 Å². The standard InChI is InChI=1S/C15H19F3N2O/c16-15(17,18)13-2-1-12(10-20-13)21-11-3-4-14(9-11)5-7-19-8-6-14/h1-2,10-11,19H,3-9H2. The van der Waals surface area contributed by atoms with Gasteiger partial charge in [-0.25, -0.2) is 4.98 Å². The van der Waals surface area contributed by atoms with Gasteiger partial charge in [0.1, 0.15) is 11.4 Å². The fraction of sp³-hybridized carbons (Fsp3) is 0.667. The summed E-state index contributed by atoms with van der Waals surface area (Å²) in [6, 6.07) is 2.34. The Labute approximate surface area is 121 Å². The molecule has 2 aliphatic rings. The van der Waals surface area contributed by atoms with Crippen LogP contribution in [-0.2, 0) is 6.18 Å². The second-order valence-corrected chi connectivity index (χ2v) is 6.11. The number of rotatable bonds is 2. The van der Waals surface area contributed by atoms with Gasteiger partial charge < -0.3 is 10.1 Å². The Balaban J connectivity index is 1.60. The predicted octanol–water partition coefficient (Wildman–Crippen LogP) is 3.40. The smallest absolute Gasteiger partial charge is 0.433 e. The SMILES string of the molecule is FC(F)(F)c1ccc(OC2CCC3(CCNCC3)C2)cn1. The maximum atomic E-state index is 12.5. The van der Waals surface area contributed by atoms with E-state index in [0.29, 0.717) is 11.2 Å². The number of pyridine rings is 1. The molecular weight excluding hydrogens is 281 g/mol. The molecule has 2 heterocycles. The van der Waals surface area contributed by atoms with E-state index in [0.717, 1.165) is 51.3 Å². The van der Waals surface area contributed by atoms with Crippen LogP contribution in [0.25, 0.3) is 0 Å². The van der Waals surface area contributed by atoms with Gasteiger partial charge in [0.2, 0.25) is 0 Å². The molecule has 1 aromatic heterocycles. The fourth-order valence-corrected chi connectivity index (χ4v) is 3.48. The molecule has 116 valence electrons. The Morgan fingerprint density at radius 2 is 1.95 bits per heavy atom. The lowest BCUT2D eigenvalue weighted by Gasteiger charge is -2.33. The molecule has 0 radical (unpaired) electrons. The predicted molar refractivity (Wildman–Crippen MR) is 72.0 cm³/mol. The van der Waals surface area contributed by atoms with Crippen LogP contribution in [0.3, 0.4) is 0 Å². The highest BCUT2D eigenvalue weighted by Crippen LogP contribution is 2.46. The first kappa shape index (κ1) is 14.6. The summed E-state index contributed by atoms with van der Waals surface area (Å²) >= 11 is 0. The fourth-order valence-electron chi connectivity index (χ4n) is 3.48. The van der Waals surface area contributed by atoms with E-state index in [9.17, 15) is 13.2 Å². The van der Waals surface area contributed by atoms with Crippen LogP contribution in [0.5, 0.6) is 5.75 Å². The van der Waals surface area contributed by atoms with Crippen molar-refractivity contribution in [2.45, 2.75) is 44.4 Å². The molecule has 1 aromatic rings. The highest BCUT2D eigenvalue weighted by Gasteiger charge is 2.40. The zero-order chi connectivity index (χ0) is 14.9. The van der Waals surface area contributed by atoms with E-state index in [1.54, 1.807) is 0 Å². The third kappa shape index (κ3) is 3.31. The lowest BCUT2D eigenvalue weighted by Crippen LogP contribution is -2.35. The van der Waals surface area contributed by atoms with E-state index in [-0.39, 0.29) is 6.10 Å². The molecule has 0 bridgehead atoms. The topological polar surface area (TPSA) is 34.1 Å². The molecule has 1 aliphatic carbocycles. The highest BCUT2D eigenvalue weighted by atomic mass is 19.4. The van der Waals surface area contributed by atoms with Crippen molar-refractivity contribution >= 4 is 0 Å². The van der Waals surface area contributed by atoms with Gasteiger partial charge in [0, 0.05) is 0 Å². The van der Waals surface area contributed by atoms with E-state index >= 15 is 0 Å². The summed E-state index contributed by atoms with van der Waals surface area (Å²) < 4.78 is 43.2. The summed E-state index contributed by atoms with van der Waals surface area (Å²) in [5, 5.41) is 3.36. The monoisotopic (exact) mass is 300 g/mol. The minimum atomic E-state index is -4.40. The number of ether oxygens (including phenoxy) is 1. The van der Waals surface area contributed by atoms with Crippen LogP contribution in [0.4, 0.5) is 13.2 Å². The van der Waals surface area contributed by atoms with Gasteiger partial charge in [0.25, 0.3) is 0 Å². The molecule has 1 saturated heterocycles. The zero-order valence-corrected chi connectivity index (χ0v) is 11.7. The van der Waals surface area contributed by atoms with Crippen molar-refractivity contribution in [2.75, 3.05) is 13.1 Å². The quantitative estimate of drug-likeness (QED) is 0.909. The van der Waals surface area contributed by atoms with Crippen molar-refractivity contribution in [3.8, 4) is 5.75 Å². The van der Waals surface area contributed by atoms with Crippen LogP contribution < -0.4 is 10.1 Å². The van der Waals surface area contributed by atoms with Crippen molar-refractivity contribution < 1.29 is 17.9 Å². The highest BCUT2D eigenvalue weighted by molar-refractivity contribution is 5.21. The van der Waals surface area contributed by atoms with Gasteiger partial charge in [-0.15, -0.1) is 0 Å². The number of alkyl halides is 3. The minimum absolute atomic E-state index is 0.0987. The Hall–Kier alpha value is -1.30. The maximum Gasteiger partial charge on any atom is 0.433 e. The van der Waals surface area contributed by atoms with Crippen LogP contribution in [0.1, 0.15) is 37.8 Å². The number of hydrogen-bond donors (Lipinski definition) is 1. The van der Waals surface area contributed by atoms with E-state index < -0.39 is 11.9 Å². The molecule has 3 nitrogen and oxygen atoms in total. The van der Waals surface area contributed by atoms with Crippen LogP contribution in [0, 0.1) is 5.41 Å². The molecule has 21 heavy (non-hydrogen) atoms. The third-order valence-corrected chi connectivity index (χ3v) is 4.65. The molecule has 1 atom stereocenters. The van der Waals surface area contributed by atoms with E-state index in [4.69, 9.17) is 4.74 Å². The molecule has 0 amide bonds. The number of halogens is 3. The molecule has 1 spiro atoms. The van der Waals surface area contributed by atoms with Gasteiger partial charge >= 0.3 is 6.18 Å². The van der Waals surface area contributed by atoms with Gasteiger partial charge in [-0.1, -0.05) is 0 Å². The van der Waals surface area contributed by atoms with Crippen LogP contribution in [-0.4, -0.2) is 24.2 Å². The molecule has 6 heteroatoms. The maximum absolute atomic E-state index is 12.5. The number of hydrogen-bond acceptors (Lipinski definition) is 3. The first-order chi connectivity index (χ1) is 9.97. The second-order valence-electron chi connectivity index (χ2n) is 6.11. The van der Waals surface area contributed by atoms with Crippen molar-refractivity contribution in [3.63, 3.8) is 0 Å². The molecule has 1 aliphatic heterocycles. The van der Waals surface area contributed by atoms with Gasteiger partial charge in [0.05, 0.1) is 12.3 Å². The Morgan fingerprint density at radius 1 is 1.19 bits per heavy atom. The van der Waals surface area contributed by atoms with Gasteiger partial charge in [-0.2, -0.15) is 13.2 Å². The van der Waals surface area contributed by atoms with Gasteiger partial charge in [-0.05, 0) is 62.7 Å². The summed E-state index contributed by atoms with van der Waals surface area (Å²) in [4.78, 5) is 3.44. The summed E-state index contributed by atoms with van der Waals surface area (Å²) in [6.45, 7) is 2.10. The molecule has 1 N–H and O–H groups in total. The Kier molecular flexibility index (Phi) is 3.82. The van der Waals surface area contributed by atoms with E-state index in [1.165, 1.54) is 12.3 Å². The molecular formula is C15H19F3N2O. The number of aromatic nitrogens is 1. The molecule has 0 aromatic carbocycles. The van der Waals surface area contributed by atoms with Crippen LogP contribution >= 0.6 is 0 Å². The summed E-state index contributed by atoms with van der Waals surface area (Å²) in [7, 11) is 0. The number of nitrogens with zero attached hydrogens (tertiary/aromatic N) is 1. The summed E-state index contributed by atoms with van der Waals surface area (Å²) in [5.74, 6) is 0.430. The van der Waals surface area contributed by atoms with Crippen LogP contribution in [0.2, 0.25) is 0 Å². The Morgan fingerprint density at radius 3 is 2.57 bits per heavy atom. The summed E-state index contributed by atoms with van der Waals surface area (Å²) in [5.41, 5.74) is -0.508. The largest absolute Gasteiger partial charge is 0.489 e. The average Bonchev–Trinajstić information content (AvgIpc) is 2.82. The van der Waals surface area contributed by atoms with Crippen molar-refractivity contribution in [2.24, 2.45) is 5.41 Å². The zero-order valence-electron chi connectivity index (χ0n) is 11.7. The van der Waals surface area contributed by atoms with Gasteiger partial charge in [0.15, 0.2) is 0 Å². The average molecular weight is 300 g/mol. The minimum Gasteiger partial charge on any atom is -0.489 e. The van der Waals surface area contributed by atoms with Gasteiger partial charge in [-0.3, -0.25) is 0 Å². The lowest BCUT2D eigenvalue weighted by molar-refractivity contribution is -0.141. The molecule has 2 fully saturated rings. The lowest BCUT2D eigenvalue weighted by atomic mass is 9.77. The first-order valence-electron chi connectivity index (χ1n) is 7.38. The molecule has 1 saturated carbocycles. The van der Waals surface area contributed by atoms with Crippen LogP contribution in [0.15, 0.2) is 18.3 Å². The van der Waals surface area contributed by atoms with Crippen molar-refractivity contribution in [3.05, 3.63) is 24.0 Å². The summed E-state index contributed by atoms with van der Waals surface area (Å²) in [6.07, 6.45) is 2.32. The van der Waals surface area contributed by atoms with E-state index in [1.807, 2.05) is 0 Å². The second kappa shape index (κ2) is 5.48. The molecule has 1 unspecified atom stereocenters. The van der Waals surface area contributed by atoms with Crippen molar-refractivity contribution in [1.29, 1.82) is 0 Å². The molecule has 3 rings (SSSR count). The number of piperidine rings is 1. The third-order valence-electron chi connectivity index (χ3n) is 4.65.